The van der Waals surface area contributed by atoms with Crippen molar-refractivity contribution in [3.05, 3.63) is 84.1 Å². The number of imidazole rings is 1. The molecule has 10 N–H and O–H groups in total. The molecule has 0 aliphatic rings. The van der Waals surface area contributed by atoms with Gasteiger partial charge in [0, 0.05) is 48.3 Å². The molecule has 0 spiro atoms. The lowest BCUT2D eigenvalue weighted by Gasteiger charge is -2.26. The number of fused-ring (bicyclic) bond motifs is 1. The van der Waals surface area contributed by atoms with E-state index >= 15 is 0 Å². The van der Waals surface area contributed by atoms with Crippen molar-refractivity contribution in [3.63, 3.8) is 0 Å². The van der Waals surface area contributed by atoms with Crippen LogP contribution in [0.3, 0.4) is 0 Å². The molecule has 0 fully saturated rings. The van der Waals surface area contributed by atoms with Crippen LogP contribution < -0.4 is 21.7 Å². The van der Waals surface area contributed by atoms with Crippen LogP contribution in [0.25, 0.3) is 10.9 Å². The van der Waals surface area contributed by atoms with Crippen molar-refractivity contribution in [1.29, 1.82) is 0 Å². The smallest absolute Gasteiger partial charge is 0.326 e. The van der Waals surface area contributed by atoms with Crippen LogP contribution >= 0.6 is 0 Å². The Bertz CT molecular complexity index is 1580. The number of aliphatic carboxylic acids is 1. The van der Waals surface area contributed by atoms with Gasteiger partial charge in [0.1, 0.15) is 23.9 Å². The zero-order valence-electron chi connectivity index (χ0n) is 23.9. The monoisotopic (exact) mass is 605 g/mol. The Morgan fingerprint density at radius 1 is 0.886 bits per heavy atom. The number of nitrogens with two attached hydrogens (primary N) is 1. The van der Waals surface area contributed by atoms with Crippen LogP contribution in [0.1, 0.15) is 23.7 Å². The van der Waals surface area contributed by atoms with E-state index in [0.717, 1.165) is 10.9 Å². The molecule has 0 aliphatic carbocycles. The Morgan fingerprint density at radius 2 is 1.59 bits per heavy atom. The number of hydrogen-bond donors (Lipinski definition) is 9. The first kappa shape index (κ1) is 31.7. The van der Waals surface area contributed by atoms with Gasteiger partial charge in [-0.25, -0.2) is 9.78 Å². The highest BCUT2D eigenvalue weighted by molar-refractivity contribution is 5.95. The molecule has 2 aromatic carbocycles. The number of aliphatic hydroxyl groups is 1. The predicted octanol–water partition coefficient (Wildman–Crippen LogP) is -0.128. The van der Waals surface area contributed by atoms with Crippen LogP contribution in [-0.4, -0.2) is 84.2 Å². The summed E-state index contributed by atoms with van der Waals surface area (Å²) >= 11 is 0. The summed E-state index contributed by atoms with van der Waals surface area (Å²) in [6.45, 7) is 1.29. The molecular formula is C30H35N7O7. The molecule has 4 rings (SSSR count). The molecule has 0 radical (unpaired) electrons. The number of carbonyl (C=O) groups excluding carboxylic acids is 3. The van der Waals surface area contributed by atoms with Crippen LogP contribution in [-0.2, 0) is 38.4 Å². The van der Waals surface area contributed by atoms with Gasteiger partial charge in [0.15, 0.2) is 0 Å². The molecular weight excluding hydrogens is 570 g/mol. The van der Waals surface area contributed by atoms with Crippen LogP contribution in [0.4, 0.5) is 0 Å². The van der Waals surface area contributed by atoms with Gasteiger partial charge in [0.25, 0.3) is 0 Å². The minimum absolute atomic E-state index is 0.00759. The standard InChI is InChI=1S/C30H35N7O7/c1-16(38)26(37-27(40)22(31)12-19-14-32-15-34-19)29(42)35-24(10-17-6-8-20(39)9-7-17)28(41)36-25(30(43)44)11-18-13-33-23-5-3-2-4-21(18)23/h2-9,13-16,22,24-26,33,38-39H,10-12,31H2,1H3,(H,32,34)(H,35,42)(H,36,41)(H,37,40)(H,43,44). The van der Waals surface area contributed by atoms with Gasteiger partial charge in [0.2, 0.25) is 17.7 Å². The first-order valence-corrected chi connectivity index (χ1v) is 13.9. The quantitative estimate of drug-likeness (QED) is 0.0929. The number of aromatic nitrogens is 3. The highest BCUT2D eigenvalue weighted by atomic mass is 16.4. The molecule has 5 unspecified atom stereocenters. The van der Waals surface area contributed by atoms with Crippen molar-refractivity contribution in [1.82, 2.24) is 30.9 Å². The summed E-state index contributed by atoms with van der Waals surface area (Å²) in [6, 6.07) is 8.04. The SMILES string of the molecule is CC(O)C(NC(=O)C(N)Cc1cnc[nH]1)C(=O)NC(Cc1ccc(O)cc1)C(=O)NC(Cc1c[nH]c2ccccc12)C(=O)O. The minimum atomic E-state index is -1.48. The number of carboxylic acid groups (broad SMARTS) is 1. The summed E-state index contributed by atoms with van der Waals surface area (Å²) < 4.78 is 0. The highest BCUT2D eigenvalue weighted by Crippen LogP contribution is 2.19. The second-order valence-electron chi connectivity index (χ2n) is 10.5. The number of para-hydroxylation sites is 1. The summed E-state index contributed by atoms with van der Waals surface area (Å²) in [5, 5.41) is 38.2. The molecule has 5 atom stereocenters. The van der Waals surface area contributed by atoms with E-state index in [2.05, 4.69) is 30.9 Å². The number of H-pyrrole nitrogens is 2. The summed E-state index contributed by atoms with van der Waals surface area (Å²) in [6.07, 6.45) is 3.21. The molecule has 0 saturated carbocycles. The maximum Gasteiger partial charge on any atom is 0.326 e. The number of phenols is 1. The first-order valence-electron chi connectivity index (χ1n) is 13.9. The fourth-order valence-corrected chi connectivity index (χ4v) is 4.72. The third-order valence-corrected chi connectivity index (χ3v) is 7.12. The molecule has 0 saturated heterocycles. The van der Waals surface area contributed by atoms with E-state index in [-0.39, 0.29) is 25.0 Å². The number of rotatable bonds is 14. The van der Waals surface area contributed by atoms with Crippen LogP contribution in [0.2, 0.25) is 0 Å². The Labute approximate surface area is 252 Å². The topological polar surface area (TPSA) is 236 Å². The second-order valence-corrected chi connectivity index (χ2v) is 10.5. The van der Waals surface area contributed by atoms with Crippen LogP contribution in [0.15, 0.2) is 67.3 Å². The Morgan fingerprint density at radius 3 is 2.25 bits per heavy atom. The third kappa shape index (κ3) is 8.20. The molecule has 232 valence electrons. The van der Waals surface area contributed by atoms with Crippen molar-refractivity contribution in [2.45, 2.75) is 56.5 Å². The van der Waals surface area contributed by atoms with Crippen molar-refractivity contribution < 1.29 is 34.5 Å². The predicted molar refractivity (Wildman–Crippen MR) is 159 cm³/mol. The first-order chi connectivity index (χ1) is 21.0. The lowest BCUT2D eigenvalue weighted by atomic mass is 10.0. The summed E-state index contributed by atoms with van der Waals surface area (Å²) in [4.78, 5) is 61.6. The van der Waals surface area contributed by atoms with Gasteiger partial charge in [-0.15, -0.1) is 0 Å². The summed E-state index contributed by atoms with van der Waals surface area (Å²) in [5.41, 5.74) is 8.61. The number of nitrogens with one attached hydrogen (secondary N) is 5. The van der Waals surface area contributed by atoms with E-state index in [4.69, 9.17) is 5.73 Å². The van der Waals surface area contributed by atoms with E-state index in [0.29, 0.717) is 16.8 Å². The fraction of sp³-hybridized carbons (Fsp3) is 0.300. The summed E-state index contributed by atoms with van der Waals surface area (Å²) in [5.74, 6) is -3.69. The van der Waals surface area contributed by atoms with Gasteiger partial charge in [-0.3, -0.25) is 14.4 Å². The molecule has 3 amide bonds. The number of benzene rings is 2. The largest absolute Gasteiger partial charge is 0.508 e. The van der Waals surface area contributed by atoms with Crippen molar-refractivity contribution in [2.24, 2.45) is 5.73 Å². The summed E-state index contributed by atoms with van der Waals surface area (Å²) in [7, 11) is 0. The van der Waals surface area contributed by atoms with Gasteiger partial charge in [-0.2, -0.15) is 0 Å². The third-order valence-electron chi connectivity index (χ3n) is 7.12. The number of aliphatic hydroxyl groups excluding tert-OH is 1. The zero-order chi connectivity index (χ0) is 31.8. The van der Waals surface area contributed by atoms with E-state index in [1.807, 2.05) is 24.3 Å². The number of aromatic amines is 2. The molecule has 4 aromatic rings. The second kappa shape index (κ2) is 14.3. The van der Waals surface area contributed by atoms with E-state index in [1.54, 1.807) is 18.3 Å². The lowest BCUT2D eigenvalue weighted by molar-refractivity contribution is -0.142. The molecule has 2 heterocycles. The van der Waals surface area contributed by atoms with Crippen LogP contribution in [0, 0.1) is 0 Å². The molecule has 14 nitrogen and oxygen atoms in total. The fourth-order valence-electron chi connectivity index (χ4n) is 4.72. The lowest BCUT2D eigenvalue weighted by Crippen LogP contribution is -2.60. The molecule has 44 heavy (non-hydrogen) atoms. The van der Waals surface area contributed by atoms with E-state index in [1.165, 1.54) is 31.6 Å². The highest BCUT2D eigenvalue weighted by Gasteiger charge is 2.33. The number of hydrogen-bond acceptors (Lipinski definition) is 8. The van der Waals surface area contributed by atoms with E-state index < -0.39 is 54.0 Å². The Hall–Kier alpha value is -5.21. The number of phenolic OH excluding ortho intramolecular Hbond substituents is 1. The minimum Gasteiger partial charge on any atom is -0.508 e. The number of carboxylic acids is 1. The number of nitrogens with zero attached hydrogens (tertiary/aromatic N) is 1. The molecule has 0 bridgehead atoms. The van der Waals surface area contributed by atoms with Gasteiger partial charge >= 0.3 is 5.97 Å². The molecule has 14 heteroatoms. The van der Waals surface area contributed by atoms with Crippen molar-refractivity contribution in [3.8, 4) is 5.75 Å². The number of amides is 3. The van der Waals surface area contributed by atoms with Gasteiger partial charge in [-0.1, -0.05) is 30.3 Å². The van der Waals surface area contributed by atoms with Gasteiger partial charge in [-0.05, 0) is 36.2 Å². The Kier molecular flexibility index (Phi) is 10.3. The van der Waals surface area contributed by atoms with Gasteiger partial charge < -0.3 is 47.0 Å². The normalized spacial score (nSPS) is 14.6. The maximum absolute atomic E-state index is 13.5. The molecule has 2 aromatic heterocycles. The average Bonchev–Trinajstić information content (AvgIpc) is 3.65. The van der Waals surface area contributed by atoms with Crippen molar-refractivity contribution in [2.75, 3.05) is 0 Å². The number of carbonyl (C=O) groups is 4. The van der Waals surface area contributed by atoms with Crippen LogP contribution in [0.5, 0.6) is 5.75 Å². The molecule has 0 aliphatic heterocycles. The van der Waals surface area contributed by atoms with E-state index in [9.17, 15) is 34.5 Å². The number of aromatic hydroxyl groups is 1. The Balaban J connectivity index is 1.51. The average molecular weight is 606 g/mol. The van der Waals surface area contributed by atoms with Gasteiger partial charge in [0.05, 0.1) is 18.5 Å². The maximum atomic E-state index is 13.5. The zero-order valence-corrected chi connectivity index (χ0v) is 23.9. The van der Waals surface area contributed by atoms with Crippen molar-refractivity contribution >= 4 is 34.6 Å².